The summed E-state index contributed by atoms with van der Waals surface area (Å²) < 4.78 is 0.734. The van der Waals surface area contributed by atoms with E-state index in [-0.39, 0.29) is 6.54 Å². The van der Waals surface area contributed by atoms with Crippen molar-refractivity contribution in [2.24, 2.45) is 0 Å². The standard InChI is InChI=1S/C3H5BrN/c1-3(4)2-5/h5H,1-2H2. The van der Waals surface area contributed by atoms with E-state index >= 15 is 0 Å². The first-order chi connectivity index (χ1) is 2.27. The quantitative estimate of drug-likeness (QED) is 0.515. The van der Waals surface area contributed by atoms with Crippen LogP contribution in [0, 0.1) is 0 Å². The second-order valence-electron chi connectivity index (χ2n) is 0.694. The summed E-state index contributed by atoms with van der Waals surface area (Å²) in [5.41, 5.74) is 6.51. The molecule has 0 aromatic heterocycles. The fourth-order valence-electron chi connectivity index (χ4n) is 0. The zero-order chi connectivity index (χ0) is 4.28. The minimum absolute atomic E-state index is 0.278. The lowest BCUT2D eigenvalue weighted by Crippen LogP contribution is -1.76. The second-order valence-corrected chi connectivity index (χ2v) is 1.82. The first kappa shape index (κ1) is 5.18. The summed E-state index contributed by atoms with van der Waals surface area (Å²) in [4.78, 5) is 0. The highest BCUT2D eigenvalue weighted by Crippen LogP contribution is 1.94. The van der Waals surface area contributed by atoms with Gasteiger partial charge in [0.05, 0.1) is 0 Å². The van der Waals surface area contributed by atoms with Crippen LogP contribution >= 0.6 is 15.9 Å². The molecule has 0 rings (SSSR count). The van der Waals surface area contributed by atoms with Gasteiger partial charge in [-0.05, 0) is 0 Å². The number of hydrogen-bond acceptors (Lipinski definition) is 0. The van der Waals surface area contributed by atoms with Crippen LogP contribution < -0.4 is 5.73 Å². The molecule has 2 heteroatoms. The Balaban J connectivity index is 2.85. The van der Waals surface area contributed by atoms with Gasteiger partial charge in [-0.25, -0.2) is 0 Å². The van der Waals surface area contributed by atoms with Gasteiger partial charge in [-0.2, -0.15) is 0 Å². The summed E-state index contributed by atoms with van der Waals surface area (Å²) in [6.45, 7) is 3.68. The van der Waals surface area contributed by atoms with Crippen molar-refractivity contribution in [2.75, 3.05) is 6.54 Å². The minimum Gasteiger partial charge on any atom is -0.253 e. The zero-order valence-corrected chi connectivity index (χ0v) is 4.38. The van der Waals surface area contributed by atoms with Crippen LogP contribution in [-0.2, 0) is 0 Å². The van der Waals surface area contributed by atoms with Gasteiger partial charge in [-0.3, -0.25) is 5.73 Å². The van der Waals surface area contributed by atoms with Gasteiger partial charge in [-0.15, -0.1) is 0 Å². The maximum absolute atomic E-state index is 6.51. The molecule has 29 valence electrons. The van der Waals surface area contributed by atoms with Crippen LogP contribution in [0.15, 0.2) is 11.1 Å². The Bertz CT molecular complexity index is 42.2. The van der Waals surface area contributed by atoms with Gasteiger partial charge in [0.2, 0.25) is 0 Å². The van der Waals surface area contributed by atoms with E-state index in [4.69, 9.17) is 5.73 Å². The van der Waals surface area contributed by atoms with E-state index in [1.807, 2.05) is 0 Å². The first-order valence-corrected chi connectivity index (χ1v) is 2.04. The van der Waals surface area contributed by atoms with Gasteiger partial charge in [-0.1, -0.05) is 22.5 Å². The molecule has 0 aliphatic rings. The monoisotopic (exact) mass is 134 g/mol. The normalized spacial score (nSPS) is 7.60. The number of hydrogen-bond donors (Lipinski definition) is 0. The van der Waals surface area contributed by atoms with E-state index < -0.39 is 0 Å². The SMILES string of the molecule is C=C(Br)C[NH]. The van der Waals surface area contributed by atoms with Gasteiger partial charge in [0.1, 0.15) is 0 Å². The number of halogens is 1. The lowest BCUT2D eigenvalue weighted by Gasteiger charge is -1.76. The third-order valence-electron chi connectivity index (χ3n) is 0.192. The third kappa shape index (κ3) is 4.18. The van der Waals surface area contributed by atoms with E-state index in [0.717, 1.165) is 4.48 Å². The predicted molar refractivity (Wildman–Crippen MR) is 26.0 cm³/mol. The van der Waals surface area contributed by atoms with Crippen molar-refractivity contribution in [3.63, 3.8) is 0 Å². The van der Waals surface area contributed by atoms with E-state index in [9.17, 15) is 0 Å². The molecule has 0 heterocycles. The molecule has 5 heavy (non-hydrogen) atoms. The van der Waals surface area contributed by atoms with Crippen LogP contribution in [0.4, 0.5) is 0 Å². The van der Waals surface area contributed by atoms with Gasteiger partial charge < -0.3 is 0 Å². The van der Waals surface area contributed by atoms with E-state index in [2.05, 4.69) is 22.5 Å². The van der Waals surface area contributed by atoms with Crippen LogP contribution in [0.3, 0.4) is 0 Å². The van der Waals surface area contributed by atoms with Crippen molar-refractivity contribution < 1.29 is 0 Å². The fraction of sp³-hybridized carbons (Fsp3) is 0.333. The molecule has 1 nitrogen and oxygen atoms in total. The largest absolute Gasteiger partial charge is 0.253 e. The Kier molecular flexibility index (Phi) is 2.51. The predicted octanol–water partition coefficient (Wildman–Crippen LogP) is 1.18. The Morgan fingerprint density at radius 2 is 2.20 bits per heavy atom. The lowest BCUT2D eigenvalue weighted by molar-refractivity contribution is 1.19. The van der Waals surface area contributed by atoms with E-state index in [1.54, 1.807) is 0 Å². The molecule has 0 aromatic rings. The van der Waals surface area contributed by atoms with Crippen LogP contribution in [0.25, 0.3) is 0 Å². The summed E-state index contributed by atoms with van der Waals surface area (Å²) in [7, 11) is 0. The van der Waals surface area contributed by atoms with Crippen molar-refractivity contribution in [3.05, 3.63) is 11.1 Å². The first-order valence-electron chi connectivity index (χ1n) is 1.25. The molecule has 0 aliphatic heterocycles. The Morgan fingerprint density at radius 1 is 2.00 bits per heavy atom. The van der Waals surface area contributed by atoms with Gasteiger partial charge in [0, 0.05) is 11.0 Å². The molecule has 0 saturated heterocycles. The average molecular weight is 135 g/mol. The van der Waals surface area contributed by atoms with Crippen molar-refractivity contribution in [2.45, 2.75) is 0 Å². The van der Waals surface area contributed by atoms with Crippen molar-refractivity contribution in [3.8, 4) is 0 Å². The molecule has 0 bridgehead atoms. The van der Waals surface area contributed by atoms with Crippen LogP contribution in [0.1, 0.15) is 0 Å². The molecule has 0 spiro atoms. The highest BCUT2D eigenvalue weighted by atomic mass is 79.9. The van der Waals surface area contributed by atoms with Crippen LogP contribution in [0.2, 0.25) is 0 Å². The number of nitrogens with one attached hydrogen (secondary N) is 1. The highest BCUT2D eigenvalue weighted by Gasteiger charge is 1.71. The fourth-order valence-corrected chi connectivity index (χ4v) is 0. The van der Waals surface area contributed by atoms with Crippen LogP contribution in [-0.4, -0.2) is 6.54 Å². The highest BCUT2D eigenvalue weighted by molar-refractivity contribution is 9.11. The van der Waals surface area contributed by atoms with E-state index in [1.165, 1.54) is 0 Å². The molecule has 0 aliphatic carbocycles. The van der Waals surface area contributed by atoms with E-state index in [0.29, 0.717) is 0 Å². The molecule has 1 radical (unpaired) electrons. The zero-order valence-electron chi connectivity index (χ0n) is 2.79. The molecular weight excluding hydrogens is 130 g/mol. The second kappa shape index (κ2) is 2.42. The van der Waals surface area contributed by atoms with Gasteiger partial charge >= 0.3 is 0 Å². The molecule has 0 fully saturated rings. The molecule has 0 atom stereocenters. The summed E-state index contributed by atoms with van der Waals surface area (Å²) >= 11 is 2.99. The average Bonchev–Trinajstić information content (AvgIpc) is 1.38. The topological polar surface area (TPSA) is 23.8 Å². The molecular formula is C3H5BrN. The van der Waals surface area contributed by atoms with Crippen LogP contribution in [0.5, 0.6) is 0 Å². The van der Waals surface area contributed by atoms with Crippen molar-refractivity contribution in [1.82, 2.24) is 5.73 Å². The minimum atomic E-state index is 0.278. The Morgan fingerprint density at radius 3 is 2.20 bits per heavy atom. The van der Waals surface area contributed by atoms with Gasteiger partial charge in [0.25, 0.3) is 0 Å². The molecule has 0 unspecified atom stereocenters. The maximum atomic E-state index is 6.51. The Hall–Kier alpha value is 0.180. The van der Waals surface area contributed by atoms with Crippen molar-refractivity contribution in [1.29, 1.82) is 0 Å². The molecule has 1 N–H and O–H groups in total. The van der Waals surface area contributed by atoms with Gasteiger partial charge in [0.15, 0.2) is 0 Å². The number of rotatable bonds is 1. The smallest absolute Gasteiger partial charge is 0.0411 e. The maximum Gasteiger partial charge on any atom is 0.0411 e. The summed E-state index contributed by atoms with van der Waals surface area (Å²) in [6, 6.07) is 0. The third-order valence-corrected chi connectivity index (χ3v) is 0.472. The molecule has 0 amide bonds. The lowest BCUT2D eigenvalue weighted by atomic mass is 10.7. The summed E-state index contributed by atoms with van der Waals surface area (Å²) in [6.07, 6.45) is 0. The summed E-state index contributed by atoms with van der Waals surface area (Å²) in [5, 5.41) is 0. The van der Waals surface area contributed by atoms with Crippen molar-refractivity contribution >= 4 is 15.9 Å². The Labute approximate surface area is 40.0 Å². The molecule has 0 saturated carbocycles. The molecule has 0 aromatic carbocycles. The summed E-state index contributed by atoms with van der Waals surface area (Å²) in [5.74, 6) is 0.